The molecule has 6 nitrogen and oxygen atoms in total. The highest BCUT2D eigenvalue weighted by Crippen LogP contribution is 2.39. The molecule has 7 heteroatoms. The molecule has 0 unspecified atom stereocenters. The Morgan fingerprint density at radius 1 is 1.00 bits per heavy atom. The number of carbonyl (C=O) groups is 1. The number of rotatable bonds is 8. The zero-order valence-electron chi connectivity index (χ0n) is 21.0. The van der Waals surface area contributed by atoms with E-state index < -0.39 is 0 Å². The van der Waals surface area contributed by atoms with Gasteiger partial charge in [0.2, 0.25) is 5.88 Å². The van der Waals surface area contributed by atoms with E-state index in [2.05, 4.69) is 48.2 Å². The van der Waals surface area contributed by atoms with E-state index in [1.807, 2.05) is 36.4 Å². The molecule has 2 heterocycles. The lowest BCUT2D eigenvalue weighted by molar-refractivity contribution is -0.118. The number of carbonyl (C=O) groups excluding carboxylic acids is 1. The number of aryl methyl sites for hydroxylation is 2. The predicted molar refractivity (Wildman–Crippen MR) is 144 cm³/mol. The highest BCUT2D eigenvalue weighted by molar-refractivity contribution is 7.18. The number of anilines is 1. The van der Waals surface area contributed by atoms with Gasteiger partial charge in [-0.25, -0.2) is 9.97 Å². The number of nitrogens with zero attached hydrogens (tertiary/aromatic N) is 2. The van der Waals surface area contributed by atoms with Gasteiger partial charge in [0.25, 0.3) is 5.91 Å². The highest BCUT2D eigenvalue weighted by atomic mass is 32.1. The Labute approximate surface area is 215 Å². The SMILES string of the molecule is CCC(C)(C)c1ccc(Oc2ccc(NC(=O)COc3ncnc4sc5c(c34)CCCC5)cc2)cc1. The van der Waals surface area contributed by atoms with Crippen LogP contribution < -0.4 is 14.8 Å². The fourth-order valence-electron chi connectivity index (χ4n) is 4.42. The first kappa shape index (κ1) is 24.3. The van der Waals surface area contributed by atoms with E-state index in [9.17, 15) is 4.79 Å². The third kappa shape index (κ3) is 5.21. The topological polar surface area (TPSA) is 73.3 Å². The fraction of sp³-hybridized carbons (Fsp3) is 0.345. The van der Waals surface area contributed by atoms with Crippen LogP contribution >= 0.6 is 11.3 Å². The maximum Gasteiger partial charge on any atom is 0.262 e. The second-order valence-corrected chi connectivity index (χ2v) is 10.9. The maximum atomic E-state index is 12.6. The molecule has 0 bridgehead atoms. The minimum atomic E-state index is -0.242. The molecular weight excluding hydrogens is 470 g/mol. The Hall–Kier alpha value is -3.45. The molecule has 0 spiro atoms. The van der Waals surface area contributed by atoms with Crippen molar-refractivity contribution in [3.63, 3.8) is 0 Å². The fourth-order valence-corrected chi connectivity index (χ4v) is 5.64. The van der Waals surface area contributed by atoms with Crippen LogP contribution in [-0.2, 0) is 23.1 Å². The lowest BCUT2D eigenvalue weighted by Crippen LogP contribution is -2.20. The zero-order chi connectivity index (χ0) is 25.1. The number of hydrogen-bond acceptors (Lipinski definition) is 6. The summed E-state index contributed by atoms with van der Waals surface area (Å²) < 4.78 is 11.8. The minimum Gasteiger partial charge on any atom is -0.467 e. The van der Waals surface area contributed by atoms with Crippen molar-refractivity contribution >= 4 is 33.1 Å². The Kier molecular flexibility index (Phi) is 6.92. The number of thiophene rings is 1. The summed E-state index contributed by atoms with van der Waals surface area (Å²) in [5, 5.41) is 3.85. The summed E-state index contributed by atoms with van der Waals surface area (Å²) in [6, 6.07) is 15.5. The van der Waals surface area contributed by atoms with Crippen LogP contribution in [0.4, 0.5) is 5.69 Å². The monoisotopic (exact) mass is 501 g/mol. The van der Waals surface area contributed by atoms with Crippen molar-refractivity contribution in [2.45, 2.75) is 58.3 Å². The van der Waals surface area contributed by atoms with Crippen LogP contribution in [0.15, 0.2) is 54.9 Å². The van der Waals surface area contributed by atoms with Gasteiger partial charge in [-0.1, -0.05) is 32.9 Å². The second kappa shape index (κ2) is 10.3. The molecule has 1 aliphatic carbocycles. The Morgan fingerprint density at radius 2 is 1.69 bits per heavy atom. The molecule has 186 valence electrons. The number of aromatic nitrogens is 2. The molecule has 4 aromatic rings. The summed E-state index contributed by atoms with van der Waals surface area (Å²) in [5.74, 6) is 1.74. The average molecular weight is 502 g/mol. The summed E-state index contributed by atoms with van der Waals surface area (Å²) in [4.78, 5) is 23.6. The van der Waals surface area contributed by atoms with Gasteiger partial charge in [0, 0.05) is 10.6 Å². The van der Waals surface area contributed by atoms with Crippen LogP contribution in [0.2, 0.25) is 0 Å². The normalized spacial score (nSPS) is 13.3. The molecule has 5 rings (SSSR count). The van der Waals surface area contributed by atoms with Crippen LogP contribution in [0, 0.1) is 0 Å². The van der Waals surface area contributed by atoms with Crippen molar-refractivity contribution in [1.82, 2.24) is 9.97 Å². The third-order valence-corrected chi connectivity index (χ3v) is 8.15. The van der Waals surface area contributed by atoms with Gasteiger partial charge in [0.15, 0.2) is 6.61 Å². The molecule has 0 fully saturated rings. The van der Waals surface area contributed by atoms with Crippen molar-refractivity contribution in [3.8, 4) is 17.4 Å². The number of nitrogens with one attached hydrogen (secondary N) is 1. The summed E-state index contributed by atoms with van der Waals surface area (Å²) in [6.45, 7) is 6.56. The smallest absolute Gasteiger partial charge is 0.262 e. The van der Waals surface area contributed by atoms with E-state index in [-0.39, 0.29) is 17.9 Å². The van der Waals surface area contributed by atoms with E-state index >= 15 is 0 Å². The first-order valence-corrected chi connectivity index (χ1v) is 13.3. The summed E-state index contributed by atoms with van der Waals surface area (Å²) in [5.41, 5.74) is 3.40. The van der Waals surface area contributed by atoms with Crippen molar-refractivity contribution in [2.24, 2.45) is 0 Å². The van der Waals surface area contributed by atoms with Crippen LogP contribution in [0.1, 0.15) is 56.0 Å². The molecule has 2 aromatic heterocycles. The zero-order valence-corrected chi connectivity index (χ0v) is 21.8. The molecule has 36 heavy (non-hydrogen) atoms. The third-order valence-electron chi connectivity index (χ3n) is 6.95. The van der Waals surface area contributed by atoms with Gasteiger partial charge >= 0.3 is 0 Å². The van der Waals surface area contributed by atoms with Gasteiger partial charge in [0.1, 0.15) is 22.7 Å². The quantitative estimate of drug-likeness (QED) is 0.280. The molecule has 0 saturated heterocycles. The Balaban J connectivity index is 1.18. The molecule has 2 aromatic carbocycles. The predicted octanol–water partition coefficient (Wildman–Crippen LogP) is 7.07. The molecule has 0 radical (unpaired) electrons. The summed E-state index contributed by atoms with van der Waals surface area (Å²) in [7, 11) is 0. The lowest BCUT2D eigenvalue weighted by Gasteiger charge is -2.23. The van der Waals surface area contributed by atoms with Crippen molar-refractivity contribution in [2.75, 3.05) is 11.9 Å². The molecular formula is C29H31N3O3S. The number of fused-ring (bicyclic) bond motifs is 3. The van der Waals surface area contributed by atoms with Crippen LogP contribution in [0.25, 0.3) is 10.2 Å². The van der Waals surface area contributed by atoms with E-state index in [4.69, 9.17) is 9.47 Å². The molecule has 0 saturated carbocycles. The first-order valence-electron chi connectivity index (χ1n) is 12.5. The molecule has 1 N–H and O–H groups in total. The Bertz CT molecular complexity index is 1360. The van der Waals surface area contributed by atoms with Crippen molar-refractivity contribution < 1.29 is 14.3 Å². The lowest BCUT2D eigenvalue weighted by atomic mass is 9.82. The summed E-state index contributed by atoms with van der Waals surface area (Å²) >= 11 is 1.71. The standard InChI is InChI=1S/C29H31N3O3S/c1-4-29(2,3)19-9-13-21(14-10-19)35-22-15-11-20(12-16-22)32-25(33)17-34-27-26-23-7-5-6-8-24(23)36-28(26)31-18-30-27/h9-16,18H,4-8,17H2,1-3H3,(H,32,33). The highest BCUT2D eigenvalue weighted by Gasteiger charge is 2.21. The van der Waals surface area contributed by atoms with Crippen LogP contribution in [-0.4, -0.2) is 22.5 Å². The van der Waals surface area contributed by atoms with E-state index in [0.29, 0.717) is 17.3 Å². The van der Waals surface area contributed by atoms with Gasteiger partial charge in [-0.3, -0.25) is 4.79 Å². The van der Waals surface area contributed by atoms with Gasteiger partial charge in [-0.15, -0.1) is 11.3 Å². The molecule has 0 aliphatic heterocycles. The number of amides is 1. The van der Waals surface area contributed by atoms with Crippen molar-refractivity contribution in [1.29, 1.82) is 0 Å². The first-order chi connectivity index (χ1) is 17.4. The summed E-state index contributed by atoms with van der Waals surface area (Å²) in [6.07, 6.45) is 7.05. The van der Waals surface area contributed by atoms with Gasteiger partial charge in [-0.2, -0.15) is 0 Å². The van der Waals surface area contributed by atoms with Crippen LogP contribution in [0.3, 0.4) is 0 Å². The van der Waals surface area contributed by atoms with E-state index in [1.165, 1.54) is 28.8 Å². The Morgan fingerprint density at radius 3 is 2.42 bits per heavy atom. The van der Waals surface area contributed by atoms with Gasteiger partial charge in [-0.05, 0) is 85.0 Å². The number of ether oxygens (including phenoxy) is 2. The van der Waals surface area contributed by atoms with E-state index in [1.54, 1.807) is 11.3 Å². The minimum absolute atomic E-state index is 0.116. The van der Waals surface area contributed by atoms with E-state index in [0.717, 1.165) is 41.6 Å². The number of hydrogen-bond donors (Lipinski definition) is 1. The van der Waals surface area contributed by atoms with Crippen molar-refractivity contribution in [3.05, 3.63) is 70.9 Å². The van der Waals surface area contributed by atoms with Gasteiger partial charge < -0.3 is 14.8 Å². The second-order valence-electron chi connectivity index (χ2n) is 9.79. The van der Waals surface area contributed by atoms with Crippen LogP contribution in [0.5, 0.6) is 17.4 Å². The average Bonchev–Trinajstić information content (AvgIpc) is 3.28. The molecule has 0 atom stereocenters. The molecule has 1 amide bonds. The van der Waals surface area contributed by atoms with Gasteiger partial charge in [0.05, 0.1) is 5.39 Å². The maximum absolute atomic E-state index is 12.6. The largest absolute Gasteiger partial charge is 0.467 e. The molecule has 1 aliphatic rings. The number of benzene rings is 2.